The van der Waals surface area contributed by atoms with E-state index in [1.807, 2.05) is 0 Å². The molecule has 30 heavy (non-hydrogen) atoms. The fourth-order valence-corrected chi connectivity index (χ4v) is 3.29. The summed E-state index contributed by atoms with van der Waals surface area (Å²) in [5.41, 5.74) is 1.36. The summed E-state index contributed by atoms with van der Waals surface area (Å²) in [5, 5.41) is 3.05. The lowest BCUT2D eigenvalue weighted by molar-refractivity contribution is -0.149. The van der Waals surface area contributed by atoms with E-state index in [1.165, 1.54) is 19.2 Å². The standard InChI is InChI=1S/C22H23FN2O5/c1-29-21(27)15-10-12-25(13-11-15)20(26)14-30-22(28)18-4-2-3-5-19(18)24-17-8-6-16(23)7-9-17/h2-9,15,24H,10-14H2,1H3. The Morgan fingerprint density at radius 1 is 1.07 bits per heavy atom. The fourth-order valence-electron chi connectivity index (χ4n) is 3.29. The molecule has 7 nitrogen and oxygen atoms in total. The van der Waals surface area contributed by atoms with Gasteiger partial charge < -0.3 is 19.7 Å². The highest BCUT2D eigenvalue weighted by atomic mass is 19.1. The van der Waals surface area contributed by atoms with Crippen LogP contribution in [0.2, 0.25) is 0 Å². The Kier molecular flexibility index (Phi) is 7.00. The molecule has 0 unspecified atom stereocenters. The van der Waals surface area contributed by atoms with Crippen molar-refractivity contribution in [2.24, 2.45) is 5.92 Å². The van der Waals surface area contributed by atoms with E-state index in [4.69, 9.17) is 9.47 Å². The number of hydrogen-bond donors (Lipinski definition) is 1. The van der Waals surface area contributed by atoms with E-state index >= 15 is 0 Å². The SMILES string of the molecule is COC(=O)C1CCN(C(=O)COC(=O)c2ccccc2Nc2ccc(F)cc2)CC1. The number of piperidine rings is 1. The fraction of sp³-hybridized carbons (Fsp3) is 0.318. The molecule has 3 rings (SSSR count). The average Bonchev–Trinajstić information content (AvgIpc) is 2.78. The maximum absolute atomic E-state index is 13.1. The Morgan fingerprint density at radius 3 is 2.40 bits per heavy atom. The van der Waals surface area contributed by atoms with Crippen LogP contribution in [0.4, 0.5) is 15.8 Å². The molecule has 1 aliphatic heterocycles. The number of benzene rings is 2. The molecule has 1 N–H and O–H groups in total. The molecule has 1 aliphatic rings. The molecule has 0 aromatic heterocycles. The first-order valence-corrected chi connectivity index (χ1v) is 9.62. The van der Waals surface area contributed by atoms with Crippen LogP contribution in [0.3, 0.4) is 0 Å². The van der Waals surface area contributed by atoms with Gasteiger partial charge in [-0.05, 0) is 49.2 Å². The van der Waals surface area contributed by atoms with E-state index in [1.54, 1.807) is 41.3 Å². The summed E-state index contributed by atoms with van der Waals surface area (Å²) < 4.78 is 23.0. The van der Waals surface area contributed by atoms with Crippen molar-refractivity contribution in [3.05, 3.63) is 59.9 Å². The first-order valence-electron chi connectivity index (χ1n) is 9.62. The van der Waals surface area contributed by atoms with Crippen molar-refractivity contribution in [2.75, 3.05) is 32.1 Å². The van der Waals surface area contributed by atoms with Gasteiger partial charge in [-0.25, -0.2) is 9.18 Å². The summed E-state index contributed by atoms with van der Waals surface area (Å²) >= 11 is 0. The third-order valence-electron chi connectivity index (χ3n) is 4.98. The molecule has 158 valence electrons. The number of para-hydroxylation sites is 1. The zero-order chi connectivity index (χ0) is 21.5. The molecule has 2 aromatic rings. The number of methoxy groups -OCH3 is 1. The number of carbonyl (C=O) groups excluding carboxylic acids is 3. The molecule has 0 aliphatic carbocycles. The molecular weight excluding hydrogens is 391 g/mol. The highest BCUT2D eigenvalue weighted by molar-refractivity contribution is 5.97. The molecule has 2 aromatic carbocycles. The number of amides is 1. The van der Waals surface area contributed by atoms with Gasteiger partial charge in [0.05, 0.1) is 24.3 Å². The summed E-state index contributed by atoms with van der Waals surface area (Å²) in [6, 6.07) is 12.4. The summed E-state index contributed by atoms with van der Waals surface area (Å²) in [4.78, 5) is 38.0. The van der Waals surface area contributed by atoms with Crippen LogP contribution in [0.5, 0.6) is 0 Å². The number of esters is 2. The number of hydrogen-bond acceptors (Lipinski definition) is 6. The van der Waals surface area contributed by atoms with E-state index in [2.05, 4.69) is 5.32 Å². The molecule has 0 atom stereocenters. The second-order valence-electron chi connectivity index (χ2n) is 6.93. The highest BCUT2D eigenvalue weighted by Gasteiger charge is 2.28. The van der Waals surface area contributed by atoms with Gasteiger partial charge in [0.15, 0.2) is 6.61 Å². The maximum atomic E-state index is 13.1. The lowest BCUT2D eigenvalue weighted by atomic mass is 9.97. The number of likely N-dealkylation sites (tertiary alicyclic amines) is 1. The van der Waals surface area contributed by atoms with Crippen LogP contribution in [-0.2, 0) is 19.1 Å². The molecule has 8 heteroatoms. The topological polar surface area (TPSA) is 84.9 Å². The Labute approximate surface area is 173 Å². The first-order chi connectivity index (χ1) is 14.5. The minimum Gasteiger partial charge on any atom is -0.469 e. The molecule has 0 radical (unpaired) electrons. The number of ether oxygens (including phenoxy) is 2. The molecule has 0 spiro atoms. The second kappa shape index (κ2) is 9.87. The number of nitrogens with one attached hydrogen (secondary N) is 1. The molecular formula is C22H23FN2O5. The van der Waals surface area contributed by atoms with E-state index < -0.39 is 5.97 Å². The van der Waals surface area contributed by atoms with E-state index in [0.29, 0.717) is 37.3 Å². The zero-order valence-corrected chi connectivity index (χ0v) is 16.6. The molecule has 1 saturated heterocycles. The molecule has 1 amide bonds. The third-order valence-corrected chi connectivity index (χ3v) is 4.98. The predicted octanol–water partition coefficient (Wildman–Crippen LogP) is 3.14. The predicted molar refractivity (Wildman–Crippen MR) is 108 cm³/mol. The van der Waals surface area contributed by atoms with Crippen LogP contribution in [0.25, 0.3) is 0 Å². The van der Waals surface area contributed by atoms with Gasteiger partial charge in [-0.3, -0.25) is 9.59 Å². The number of halogens is 1. The van der Waals surface area contributed by atoms with Crippen LogP contribution >= 0.6 is 0 Å². The number of nitrogens with zero attached hydrogens (tertiary/aromatic N) is 1. The minimum absolute atomic E-state index is 0.203. The molecule has 1 fully saturated rings. The van der Waals surface area contributed by atoms with Crippen molar-refractivity contribution >= 4 is 29.2 Å². The van der Waals surface area contributed by atoms with Crippen molar-refractivity contribution in [3.63, 3.8) is 0 Å². The van der Waals surface area contributed by atoms with Crippen molar-refractivity contribution < 1.29 is 28.2 Å². The van der Waals surface area contributed by atoms with E-state index in [9.17, 15) is 18.8 Å². The highest BCUT2D eigenvalue weighted by Crippen LogP contribution is 2.22. The lowest BCUT2D eigenvalue weighted by Crippen LogP contribution is -2.42. The maximum Gasteiger partial charge on any atom is 0.340 e. The van der Waals surface area contributed by atoms with Crippen LogP contribution in [0.15, 0.2) is 48.5 Å². The Balaban J connectivity index is 1.56. The first kappa shape index (κ1) is 21.3. The number of rotatable bonds is 6. The third kappa shape index (κ3) is 5.34. The molecule has 1 heterocycles. The summed E-state index contributed by atoms with van der Waals surface area (Å²) in [6.07, 6.45) is 1.05. The summed E-state index contributed by atoms with van der Waals surface area (Å²) in [7, 11) is 1.35. The van der Waals surface area contributed by atoms with Gasteiger partial charge in [-0.15, -0.1) is 0 Å². The van der Waals surface area contributed by atoms with Crippen molar-refractivity contribution in [1.82, 2.24) is 4.90 Å². The van der Waals surface area contributed by atoms with Gasteiger partial charge in [0, 0.05) is 18.8 Å². The quantitative estimate of drug-likeness (QED) is 0.731. The number of anilines is 2. The van der Waals surface area contributed by atoms with Crippen LogP contribution < -0.4 is 5.32 Å². The normalized spacial score (nSPS) is 14.1. The van der Waals surface area contributed by atoms with Gasteiger partial charge in [-0.1, -0.05) is 12.1 Å². The average molecular weight is 414 g/mol. The molecule has 0 bridgehead atoms. The van der Waals surface area contributed by atoms with E-state index in [0.717, 1.165) is 0 Å². The Hall–Kier alpha value is -3.42. The largest absolute Gasteiger partial charge is 0.469 e. The number of carbonyl (C=O) groups is 3. The van der Waals surface area contributed by atoms with Crippen molar-refractivity contribution in [3.8, 4) is 0 Å². The minimum atomic E-state index is -0.641. The van der Waals surface area contributed by atoms with Gasteiger partial charge in [0.2, 0.25) is 0 Å². The van der Waals surface area contributed by atoms with Gasteiger partial charge in [0.25, 0.3) is 5.91 Å². The zero-order valence-electron chi connectivity index (χ0n) is 16.6. The van der Waals surface area contributed by atoms with Gasteiger partial charge >= 0.3 is 11.9 Å². The monoisotopic (exact) mass is 414 g/mol. The smallest absolute Gasteiger partial charge is 0.340 e. The lowest BCUT2D eigenvalue weighted by Gasteiger charge is -2.30. The second-order valence-corrected chi connectivity index (χ2v) is 6.93. The van der Waals surface area contributed by atoms with Crippen LogP contribution in [0, 0.1) is 11.7 Å². The Bertz CT molecular complexity index is 908. The van der Waals surface area contributed by atoms with Gasteiger partial charge in [-0.2, -0.15) is 0 Å². The van der Waals surface area contributed by atoms with Crippen molar-refractivity contribution in [1.29, 1.82) is 0 Å². The van der Waals surface area contributed by atoms with Crippen LogP contribution in [0.1, 0.15) is 23.2 Å². The van der Waals surface area contributed by atoms with Crippen molar-refractivity contribution in [2.45, 2.75) is 12.8 Å². The molecule has 0 saturated carbocycles. The van der Waals surface area contributed by atoms with Gasteiger partial charge in [0.1, 0.15) is 5.82 Å². The summed E-state index contributed by atoms with van der Waals surface area (Å²) in [5.74, 6) is -1.78. The Morgan fingerprint density at radius 2 is 1.73 bits per heavy atom. The van der Waals surface area contributed by atoms with Crippen LogP contribution in [-0.4, -0.2) is 49.6 Å². The summed E-state index contributed by atoms with van der Waals surface area (Å²) in [6.45, 7) is 0.449. The van der Waals surface area contributed by atoms with E-state index in [-0.39, 0.29) is 35.8 Å².